The van der Waals surface area contributed by atoms with Gasteiger partial charge < -0.3 is 15.6 Å². The van der Waals surface area contributed by atoms with Crippen molar-refractivity contribution >= 4 is 62.8 Å². The Balaban J connectivity index is 1.38. The van der Waals surface area contributed by atoms with E-state index in [0.29, 0.717) is 33.6 Å². The zero-order valence-corrected chi connectivity index (χ0v) is 22.0. The average Bonchev–Trinajstić information content (AvgIpc) is 3.19. The Kier molecular flexibility index (Phi) is 7.13. The number of fused-ring (bicyclic) bond motifs is 1. The Morgan fingerprint density at radius 3 is 2.66 bits per heavy atom. The van der Waals surface area contributed by atoms with Crippen molar-refractivity contribution in [3.05, 3.63) is 94.5 Å². The number of hydrogen-bond acceptors (Lipinski definition) is 7. The molecule has 7 nitrogen and oxygen atoms in total. The third-order valence-corrected chi connectivity index (χ3v) is 7.69. The molecule has 0 unspecified atom stereocenters. The summed E-state index contributed by atoms with van der Waals surface area (Å²) in [5.74, 6) is -0.418. The van der Waals surface area contributed by atoms with E-state index in [1.54, 1.807) is 48.5 Å². The van der Waals surface area contributed by atoms with Gasteiger partial charge in [0.2, 0.25) is 0 Å². The molecule has 38 heavy (non-hydrogen) atoms. The number of rotatable bonds is 7. The number of anilines is 1. The second-order valence-corrected chi connectivity index (χ2v) is 10.4. The van der Waals surface area contributed by atoms with Crippen molar-refractivity contribution in [2.45, 2.75) is 6.42 Å². The predicted octanol–water partition coefficient (Wildman–Crippen LogP) is 5.63. The minimum atomic E-state index is -0.970. The van der Waals surface area contributed by atoms with Crippen LogP contribution >= 0.6 is 24.0 Å². The molecule has 1 aliphatic rings. The summed E-state index contributed by atoms with van der Waals surface area (Å²) in [5, 5.41) is 9.95. The number of hydrogen-bond donors (Lipinski definition) is 2. The maximum atomic E-state index is 13.2. The molecule has 1 aromatic heterocycles. The maximum Gasteiger partial charge on any atom is 0.335 e. The molecule has 1 amide bonds. The van der Waals surface area contributed by atoms with Crippen LogP contribution in [0.4, 0.5) is 5.69 Å². The minimum Gasteiger partial charge on any atom is -0.496 e. The number of nitrogen functional groups attached to an aromatic ring is 1. The number of pyridine rings is 1. The van der Waals surface area contributed by atoms with Gasteiger partial charge in [-0.2, -0.15) is 0 Å². The molecule has 0 saturated carbocycles. The molecule has 5 rings (SSSR count). The molecule has 1 saturated heterocycles. The Morgan fingerprint density at radius 2 is 1.92 bits per heavy atom. The van der Waals surface area contributed by atoms with Crippen LogP contribution in [0.1, 0.15) is 21.5 Å². The van der Waals surface area contributed by atoms with Gasteiger partial charge in [-0.1, -0.05) is 54.3 Å². The molecule has 0 bridgehead atoms. The SMILES string of the molecule is COc1ccc(/C=C2\SC(=S)N(CCc3ccc(C(=O)O)cc3)C2=O)cc1-c1ccc2c(N)ccnc2c1. The summed E-state index contributed by atoms with van der Waals surface area (Å²) in [5.41, 5.74) is 11.3. The lowest BCUT2D eigenvalue weighted by molar-refractivity contribution is -0.122. The molecule has 1 fully saturated rings. The molecule has 0 radical (unpaired) electrons. The highest BCUT2D eigenvalue weighted by molar-refractivity contribution is 8.26. The molecule has 3 N–H and O–H groups in total. The second-order valence-electron chi connectivity index (χ2n) is 8.68. The zero-order chi connectivity index (χ0) is 26.8. The van der Waals surface area contributed by atoms with Gasteiger partial charge in [-0.3, -0.25) is 14.7 Å². The van der Waals surface area contributed by atoms with Crippen LogP contribution in [0.15, 0.2) is 77.8 Å². The Bertz CT molecular complexity index is 1620. The van der Waals surface area contributed by atoms with Crippen molar-refractivity contribution in [2.24, 2.45) is 0 Å². The third-order valence-electron chi connectivity index (χ3n) is 6.31. The van der Waals surface area contributed by atoms with Crippen LogP contribution in [0.25, 0.3) is 28.1 Å². The topological polar surface area (TPSA) is 106 Å². The van der Waals surface area contributed by atoms with Crippen molar-refractivity contribution in [3.63, 3.8) is 0 Å². The summed E-state index contributed by atoms with van der Waals surface area (Å²) in [6.07, 6.45) is 4.08. The lowest BCUT2D eigenvalue weighted by Gasteiger charge is -2.14. The summed E-state index contributed by atoms with van der Waals surface area (Å²) in [6.45, 7) is 0.412. The molecule has 0 aliphatic carbocycles. The van der Waals surface area contributed by atoms with Gasteiger partial charge in [0.25, 0.3) is 5.91 Å². The summed E-state index contributed by atoms with van der Waals surface area (Å²) in [4.78, 5) is 30.8. The van der Waals surface area contributed by atoms with Crippen molar-refractivity contribution < 1.29 is 19.4 Å². The summed E-state index contributed by atoms with van der Waals surface area (Å²) in [7, 11) is 1.62. The van der Waals surface area contributed by atoms with E-state index in [9.17, 15) is 9.59 Å². The monoisotopic (exact) mass is 541 g/mol. The van der Waals surface area contributed by atoms with Crippen LogP contribution in [0.3, 0.4) is 0 Å². The number of thiocarbonyl (C=S) groups is 1. The number of aromatic carboxylic acids is 1. The number of ether oxygens (including phenoxy) is 1. The third kappa shape index (κ3) is 5.11. The lowest BCUT2D eigenvalue weighted by Crippen LogP contribution is -2.30. The van der Waals surface area contributed by atoms with E-state index >= 15 is 0 Å². The number of amides is 1. The summed E-state index contributed by atoms with van der Waals surface area (Å²) in [6, 6.07) is 20.0. The normalized spacial score (nSPS) is 14.4. The summed E-state index contributed by atoms with van der Waals surface area (Å²) >= 11 is 6.76. The van der Waals surface area contributed by atoms with E-state index in [4.69, 9.17) is 27.8 Å². The average molecular weight is 542 g/mol. The lowest BCUT2D eigenvalue weighted by atomic mass is 9.99. The first kappa shape index (κ1) is 25.4. The van der Waals surface area contributed by atoms with Gasteiger partial charge in [-0.25, -0.2) is 4.79 Å². The van der Waals surface area contributed by atoms with Gasteiger partial charge in [-0.15, -0.1) is 0 Å². The Morgan fingerprint density at radius 1 is 1.13 bits per heavy atom. The van der Waals surface area contributed by atoms with Crippen LogP contribution < -0.4 is 10.5 Å². The first-order chi connectivity index (χ1) is 18.3. The largest absolute Gasteiger partial charge is 0.496 e. The van der Waals surface area contributed by atoms with Crippen LogP contribution in [0.5, 0.6) is 5.75 Å². The highest BCUT2D eigenvalue weighted by Crippen LogP contribution is 2.36. The number of nitrogens with zero attached hydrogens (tertiary/aromatic N) is 2. The van der Waals surface area contributed by atoms with Crippen LogP contribution in [-0.4, -0.2) is 44.8 Å². The molecule has 3 aromatic carbocycles. The molecule has 0 spiro atoms. The molecule has 190 valence electrons. The van der Waals surface area contributed by atoms with Crippen molar-refractivity contribution in [1.29, 1.82) is 0 Å². The predicted molar refractivity (Wildman–Crippen MR) is 155 cm³/mol. The maximum absolute atomic E-state index is 13.2. The standard InChI is InChI=1S/C29H23N3O4S2/c1-36-25-9-4-18(14-22(25)20-7-8-21-23(30)10-12-31-24(21)16-20)15-26-27(33)32(29(37)38-26)13-11-17-2-5-19(6-3-17)28(34)35/h2-10,12,14-16H,11,13H2,1H3,(H2,30,31)(H,34,35)/b26-15-. The van der Waals surface area contributed by atoms with Crippen molar-refractivity contribution in [2.75, 3.05) is 19.4 Å². The molecule has 1 aliphatic heterocycles. The van der Waals surface area contributed by atoms with E-state index in [1.807, 2.05) is 42.5 Å². The Labute approximate surface area is 228 Å². The quantitative estimate of drug-likeness (QED) is 0.229. The van der Waals surface area contributed by atoms with E-state index in [2.05, 4.69) is 4.98 Å². The highest BCUT2D eigenvalue weighted by Gasteiger charge is 2.31. The van der Waals surface area contributed by atoms with Gasteiger partial charge in [0, 0.05) is 29.4 Å². The fourth-order valence-corrected chi connectivity index (χ4v) is 5.59. The molecule has 4 aromatic rings. The van der Waals surface area contributed by atoms with E-state index in [-0.39, 0.29) is 11.5 Å². The number of methoxy groups -OCH3 is 1. The van der Waals surface area contributed by atoms with Crippen LogP contribution in [0, 0.1) is 0 Å². The van der Waals surface area contributed by atoms with Gasteiger partial charge >= 0.3 is 5.97 Å². The number of carbonyl (C=O) groups excluding carboxylic acids is 1. The second kappa shape index (κ2) is 10.6. The van der Waals surface area contributed by atoms with E-state index in [1.165, 1.54) is 11.8 Å². The number of benzene rings is 3. The number of carboxylic acids is 1. The Hall–Kier alpha value is -4.21. The van der Waals surface area contributed by atoms with Gasteiger partial charge in [-0.05, 0) is 65.6 Å². The number of nitrogens with two attached hydrogens (primary N) is 1. The number of aromatic nitrogens is 1. The van der Waals surface area contributed by atoms with Gasteiger partial charge in [0.1, 0.15) is 10.1 Å². The molecular formula is C29H23N3O4S2. The fraction of sp³-hybridized carbons (Fsp3) is 0.103. The number of carboxylic acid groups (broad SMARTS) is 1. The first-order valence-electron chi connectivity index (χ1n) is 11.7. The van der Waals surface area contributed by atoms with Crippen molar-refractivity contribution in [1.82, 2.24) is 9.88 Å². The fourth-order valence-electron chi connectivity index (χ4n) is 4.28. The van der Waals surface area contributed by atoms with Crippen LogP contribution in [-0.2, 0) is 11.2 Å². The van der Waals surface area contributed by atoms with E-state index < -0.39 is 5.97 Å². The van der Waals surface area contributed by atoms with Gasteiger partial charge in [0.05, 0.1) is 23.1 Å². The van der Waals surface area contributed by atoms with Gasteiger partial charge in [0.15, 0.2) is 0 Å². The zero-order valence-electron chi connectivity index (χ0n) is 20.4. The molecule has 0 atom stereocenters. The minimum absolute atomic E-state index is 0.148. The van der Waals surface area contributed by atoms with Crippen LogP contribution in [0.2, 0.25) is 0 Å². The number of thioether (sulfide) groups is 1. The van der Waals surface area contributed by atoms with Crippen molar-refractivity contribution in [3.8, 4) is 16.9 Å². The summed E-state index contributed by atoms with van der Waals surface area (Å²) < 4.78 is 6.11. The van der Waals surface area contributed by atoms with E-state index in [0.717, 1.165) is 33.2 Å². The molecule has 9 heteroatoms. The highest BCUT2D eigenvalue weighted by atomic mass is 32.2. The molecule has 2 heterocycles. The number of carbonyl (C=O) groups is 2. The first-order valence-corrected chi connectivity index (χ1v) is 13.0. The smallest absolute Gasteiger partial charge is 0.335 e. The molecular weight excluding hydrogens is 518 g/mol.